The van der Waals surface area contributed by atoms with Gasteiger partial charge in [0.15, 0.2) is 11.3 Å². The maximum atomic E-state index is 11.8. The zero-order chi connectivity index (χ0) is 56.5. The molecule has 0 radical (unpaired) electrons. The quantitative estimate of drug-likeness (QED) is 0.145. The van der Waals surface area contributed by atoms with E-state index in [0.717, 1.165) is 78.8 Å². The molecule has 404 valence electrons. The molecule has 0 fully saturated rings. The van der Waals surface area contributed by atoms with Gasteiger partial charge in [0.1, 0.15) is 11.3 Å². The van der Waals surface area contributed by atoms with Gasteiger partial charge in [-0.05, 0) is 141 Å². The summed E-state index contributed by atoms with van der Waals surface area (Å²) in [6.07, 6.45) is 12.7. The first-order valence-electron chi connectivity index (χ1n) is 24.6. The van der Waals surface area contributed by atoms with Crippen LogP contribution in [0.1, 0.15) is 75.0 Å². The summed E-state index contributed by atoms with van der Waals surface area (Å²) in [4.78, 5) is 97.5. The largest absolute Gasteiger partial charge is 0.281 e. The molecule has 12 rings (SSSR count). The van der Waals surface area contributed by atoms with Gasteiger partial charge in [-0.2, -0.15) is 9.61 Å². The van der Waals surface area contributed by atoms with Crippen molar-refractivity contribution in [2.75, 3.05) is 0 Å². The van der Waals surface area contributed by atoms with Crippen molar-refractivity contribution in [1.29, 1.82) is 0 Å². The van der Waals surface area contributed by atoms with Crippen molar-refractivity contribution in [2.45, 2.75) is 90.5 Å². The SMILES string of the molecule is C.Cc1ccc(=O)n2c(C)ccnc12.Cc1ccc(C)n2c(=O)ccc(C)c12.Cc1ccc(C)n2c(=O)ccnc12.Cc1ccnc2nccc(=O)n12.Cc1ccnn2c(=O)ccnc12.Cc1cnc2c(C)ncc(C)n2c1=O. The van der Waals surface area contributed by atoms with E-state index >= 15 is 0 Å². The minimum Gasteiger partial charge on any atom is -0.281 e. The topological polar surface area (TPSA) is 232 Å². The first kappa shape index (κ1) is 58.3. The van der Waals surface area contributed by atoms with Crippen molar-refractivity contribution in [3.8, 4) is 0 Å². The Morgan fingerprint density at radius 1 is 0.304 bits per heavy atom. The van der Waals surface area contributed by atoms with Crippen LogP contribution in [0.25, 0.3) is 33.9 Å². The lowest BCUT2D eigenvalue weighted by atomic mass is 10.1. The van der Waals surface area contributed by atoms with Gasteiger partial charge in [-0.1, -0.05) is 31.7 Å². The number of rotatable bonds is 0. The second-order valence-electron chi connectivity index (χ2n) is 18.3. The van der Waals surface area contributed by atoms with Crippen molar-refractivity contribution in [3.63, 3.8) is 0 Å². The summed E-state index contributed by atoms with van der Waals surface area (Å²) in [5.74, 6) is 0.447. The van der Waals surface area contributed by atoms with E-state index < -0.39 is 0 Å². The van der Waals surface area contributed by atoms with E-state index in [2.05, 4.69) is 46.1 Å². The predicted octanol–water partition coefficient (Wildman–Crippen LogP) is 7.29. The van der Waals surface area contributed by atoms with E-state index in [1.807, 2.05) is 113 Å². The van der Waals surface area contributed by atoms with Crippen LogP contribution in [-0.4, -0.2) is 66.5 Å². The molecule has 0 atom stereocenters. The van der Waals surface area contributed by atoms with Crippen LogP contribution in [-0.2, 0) is 0 Å². The van der Waals surface area contributed by atoms with Gasteiger partial charge in [-0.15, -0.1) is 0 Å². The Morgan fingerprint density at radius 3 is 1.30 bits per heavy atom. The van der Waals surface area contributed by atoms with Crippen LogP contribution in [0.3, 0.4) is 0 Å². The van der Waals surface area contributed by atoms with Crippen molar-refractivity contribution in [2.24, 2.45) is 0 Å². The van der Waals surface area contributed by atoms with Gasteiger partial charge in [-0.25, -0.2) is 34.3 Å². The van der Waals surface area contributed by atoms with Crippen LogP contribution in [0.5, 0.6) is 0 Å². The number of hydrogen-bond acceptors (Lipinski definition) is 14. The van der Waals surface area contributed by atoms with Gasteiger partial charge in [0.05, 0.1) is 11.2 Å². The van der Waals surface area contributed by atoms with Gasteiger partial charge >= 0.3 is 0 Å². The summed E-state index contributed by atoms with van der Waals surface area (Å²) in [6, 6.07) is 24.5. The van der Waals surface area contributed by atoms with Gasteiger partial charge < -0.3 is 0 Å². The molecule has 0 aromatic carbocycles. The Hall–Kier alpha value is -9.98. The van der Waals surface area contributed by atoms with Gasteiger partial charge in [0.2, 0.25) is 5.78 Å². The van der Waals surface area contributed by atoms with E-state index in [9.17, 15) is 28.8 Å². The maximum Gasteiger partial charge on any atom is 0.274 e. The highest BCUT2D eigenvalue weighted by Gasteiger charge is 2.08. The molecule has 79 heavy (non-hydrogen) atoms. The third kappa shape index (κ3) is 12.8. The zero-order valence-electron chi connectivity index (χ0n) is 45.4. The number of hydrogen-bond donors (Lipinski definition) is 0. The minimum atomic E-state index is -0.149. The first-order chi connectivity index (χ1) is 37.2. The average molecular weight is 1060 g/mol. The summed E-state index contributed by atoms with van der Waals surface area (Å²) in [5.41, 5.74) is 14.7. The molecule has 0 aliphatic rings. The highest BCUT2D eigenvalue weighted by atomic mass is 16.1. The number of fused-ring (bicyclic) bond motifs is 6. The summed E-state index contributed by atoms with van der Waals surface area (Å²) >= 11 is 0. The van der Waals surface area contributed by atoms with E-state index in [1.165, 1.54) is 39.5 Å². The van der Waals surface area contributed by atoms with Crippen molar-refractivity contribution in [3.05, 3.63) is 264 Å². The molecule has 20 nitrogen and oxygen atoms in total. The molecular weight excluding hydrogens is 1000 g/mol. The fourth-order valence-electron chi connectivity index (χ4n) is 8.32. The number of nitrogens with zero attached hydrogens (tertiary/aromatic N) is 14. The third-order valence-corrected chi connectivity index (χ3v) is 12.5. The van der Waals surface area contributed by atoms with E-state index in [4.69, 9.17) is 0 Å². The molecule has 0 N–H and O–H groups in total. The highest BCUT2D eigenvalue weighted by molar-refractivity contribution is 5.60. The lowest BCUT2D eigenvalue weighted by molar-refractivity contribution is 0.859. The molecule has 0 bridgehead atoms. The summed E-state index contributed by atoms with van der Waals surface area (Å²) in [7, 11) is 0. The molecule has 12 aromatic heterocycles. The highest BCUT2D eigenvalue weighted by Crippen LogP contribution is 2.15. The Bertz CT molecular complexity index is 4530. The molecule has 0 spiro atoms. The van der Waals surface area contributed by atoms with Crippen LogP contribution in [0, 0.1) is 83.1 Å². The second-order valence-corrected chi connectivity index (χ2v) is 18.3. The smallest absolute Gasteiger partial charge is 0.274 e. The van der Waals surface area contributed by atoms with Gasteiger partial charge in [0, 0.05) is 114 Å². The Balaban J connectivity index is 0.000000153. The molecular formula is C59H62N14O6. The van der Waals surface area contributed by atoms with Crippen LogP contribution in [0.15, 0.2) is 163 Å². The van der Waals surface area contributed by atoms with E-state index in [1.54, 1.807) is 86.0 Å². The lowest BCUT2D eigenvalue weighted by Crippen LogP contribution is -2.20. The van der Waals surface area contributed by atoms with E-state index in [0.29, 0.717) is 22.6 Å². The summed E-state index contributed by atoms with van der Waals surface area (Å²) in [5, 5.41) is 3.88. The standard InChI is InChI=1S/C12H13NO.C10H11N3O.2C10H10N2O.2C8H7N3O.CH4/c1-8-4-6-10(3)13-11(14)7-5-9(2)12(8)13;1-6-4-12-9-8(3)11-5-7(2)13(9)10(6)14;1-7-3-4-9(13)12-8(2)5-6-11-10(7)12;1-7-3-4-8(2)12-9(13)5-6-11-10(7)12;1-6-2-5-10-11-7(12)3-4-9-8(6)11;1-6-2-4-9-8-10-5-3-7(12)11(6)8;/h4-7H,1-3H3;4-5H,1-3H3;2*3-6H,1-2H3;2*2-5H,1H3;1H4. The third-order valence-electron chi connectivity index (χ3n) is 12.5. The predicted molar refractivity (Wildman–Crippen MR) is 308 cm³/mol. The maximum absolute atomic E-state index is 11.8. The van der Waals surface area contributed by atoms with Crippen LogP contribution < -0.4 is 33.4 Å². The molecule has 12 heterocycles. The van der Waals surface area contributed by atoms with Gasteiger partial charge in [0.25, 0.3) is 33.4 Å². The lowest BCUT2D eigenvalue weighted by Gasteiger charge is -2.09. The van der Waals surface area contributed by atoms with Crippen molar-refractivity contribution < 1.29 is 0 Å². The molecule has 0 saturated heterocycles. The fraction of sp³-hybridized carbons (Fsp3) is 0.220. The molecule has 20 heteroatoms. The van der Waals surface area contributed by atoms with Gasteiger partial charge in [-0.3, -0.25) is 51.4 Å². The second kappa shape index (κ2) is 25.2. The van der Waals surface area contributed by atoms with Crippen molar-refractivity contribution in [1.82, 2.24) is 66.5 Å². The molecule has 0 aliphatic carbocycles. The normalized spacial score (nSPS) is 10.5. The monoisotopic (exact) mass is 1060 g/mol. The summed E-state index contributed by atoms with van der Waals surface area (Å²) < 4.78 is 9.36. The first-order valence-corrected chi connectivity index (χ1v) is 24.6. The molecule has 0 aliphatic heterocycles. The number of aromatic nitrogens is 14. The zero-order valence-corrected chi connectivity index (χ0v) is 45.4. The van der Waals surface area contributed by atoms with Crippen LogP contribution in [0.4, 0.5) is 0 Å². The molecule has 0 saturated carbocycles. The van der Waals surface area contributed by atoms with E-state index in [-0.39, 0.29) is 40.8 Å². The minimum absolute atomic E-state index is 0. The summed E-state index contributed by atoms with van der Waals surface area (Å²) in [6.45, 7) is 22.9. The number of pyridine rings is 4. The van der Waals surface area contributed by atoms with Crippen molar-refractivity contribution >= 4 is 33.9 Å². The fourth-order valence-corrected chi connectivity index (χ4v) is 8.32. The average Bonchev–Trinajstić information content (AvgIpc) is 3.44. The van der Waals surface area contributed by atoms with Crippen LogP contribution in [0.2, 0.25) is 0 Å². The Labute approximate surface area is 453 Å². The molecule has 12 aromatic rings. The molecule has 0 amide bonds. The van der Waals surface area contributed by atoms with Crippen LogP contribution >= 0.6 is 0 Å². The molecule has 0 unspecified atom stereocenters. The Kier molecular flexibility index (Phi) is 18.6. The Morgan fingerprint density at radius 2 is 0.734 bits per heavy atom. The number of aryl methyl sites for hydroxylation is 12.